The lowest BCUT2D eigenvalue weighted by molar-refractivity contribution is 0.630. The Labute approximate surface area is 452 Å². The minimum absolute atomic E-state index is 0.234. The molecule has 4 aliphatic carbocycles. The highest BCUT2D eigenvalue weighted by molar-refractivity contribution is 5.96. The lowest BCUT2D eigenvalue weighted by Gasteiger charge is -2.44. The molecule has 6 aliphatic rings. The Morgan fingerprint density at radius 3 is 1.12 bits per heavy atom. The van der Waals surface area contributed by atoms with Crippen molar-refractivity contribution >= 4 is 70.6 Å². The first kappa shape index (κ1) is 44.3. The third kappa shape index (κ3) is 6.19. The van der Waals surface area contributed by atoms with Crippen molar-refractivity contribution in [2.45, 2.75) is 56.8 Å². The first-order chi connectivity index (χ1) is 37.7. The van der Waals surface area contributed by atoms with E-state index in [1.54, 1.807) is 0 Å². The summed E-state index contributed by atoms with van der Waals surface area (Å²) in [5.74, 6) is 0. The van der Waals surface area contributed by atoms with Crippen LogP contribution in [0.3, 0.4) is 0 Å². The lowest BCUT2D eigenvalue weighted by atomic mass is 9.65. The molecule has 2 aliphatic heterocycles. The Morgan fingerprint density at radius 2 is 0.649 bits per heavy atom. The van der Waals surface area contributed by atoms with Crippen LogP contribution in [0.15, 0.2) is 206 Å². The van der Waals surface area contributed by atoms with Gasteiger partial charge in [0, 0.05) is 22.2 Å². The molecule has 10 aromatic carbocycles. The minimum Gasteiger partial charge on any atom is -0.310 e. The molecule has 16 rings (SSSR count). The van der Waals surface area contributed by atoms with Crippen molar-refractivity contribution in [3.05, 3.63) is 306 Å². The number of benzene rings is 10. The van der Waals surface area contributed by atoms with Crippen LogP contribution < -0.4 is 9.80 Å². The summed E-state index contributed by atoms with van der Waals surface area (Å²) in [4.78, 5) is 5.15. The molecular formula is C75H56N2. The predicted octanol–water partition coefficient (Wildman–Crippen LogP) is 18.9. The van der Waals surface area contributed by atoms with Gasteiger partial charge in [-0.2, -0.15) is 0 Å². The van der Waals surface area contributed by atoms with E-state index in [2.05, 4.69) is 280 Å². The zero-order valence-corrected chi connectivity index (χ0v) is 43.9. The van der Waals surface area contributed by atoms with Crippen LogP contribution in [-0.2, 0) is 29.1 Å². The van der Waals surface area contributed by atoms with Gasteiger partial charge in [-0.25, -0.2) is 0 Å². The molecular weight excluding hydrogens is 929 g/mol. The highest BCUT2D eigenvalue weighted by Crippen LogP contribution is 2.62. The van der Waals surface area contributed by atoms with E-state index in [9.17, 15) is 0 Å². The van der Waals surface area contributed by atoms with Crippen LogP contribution in [0.2, 0.25) is 0 Å². The van der Waals surface area contributed by atoms with Crippen LogP contribution in [0.25, 0.3) is 47.6 Å². The van der Waals surface area contributed by atoms with E-state index >= 15 is 0 Å². The quantitative estimate of drug-likeness (QED) is 0.170. The van der Waals surface area contributed by atoms with Crippen molar-refractivity contribution in [2.75, 3.05) is 9.80 Å². The molecule has 10 aromatic rings. The summed E-state index contributed by atoms with van der Waals surface area (Å²) in [5.41, 5.74) is 32.2. The second-order valence-electron chi connectivity index (χ2n) is 23.2. The summed E-state index contributed by atoms with van der Waals surface area (Å²) in [6.07, 6.45) is 15.9. The van der Waals surface area contributed by atoms with Crippen molar-refractivity contribution in [1.82, 2.24) is 0 Å². The van der Waals surface area contributed by atoms with Gasteiger partial charge in [0.05, 0.1) is 28.2 Å². The summed E-state index contributed by atoms with van der Waals surface area (Å²) < 4.78 is 0. The van der Waals surface area contributed by atoms with E-state index in [0.29, 0.717) is 0 Å². The highest BCUT2D eigenvalue weighted by atomic mass is 15.2. The molecule has 0 amide bonds. The SMILES string of the molecule is CC1(C)c2ccccc2N(c2ccc3c(c2)C2(c4cc(N5c6ccccc6C(C)(C)c6cc7c(cc65)C=Cc5ccccc5C7)ccc4C=C3)c3ccccc3-c3ccccc32)c2cc3c(cc21)Cc1ccccc1C=C3. The summed E-state index contributed by atoms with van der Waals surface area (Å²) >= 11 is 0. The van der Waals surface area contributed by atoms with E-state index in [1.165, 1.54) is 134 Å². The normalized spacial score (nSPS) is 16.3. The van der Waals surface area contributed by atoms with Gasteiger partial charge in [-0.1, -0.05) is 222 Å². The van der Waals surface area contributed by atoms with Crippen LogP contribution >= 0.6 is 0 Å². The number of rotatable bonds is 2. The molecule has 0 saturated heterocycles. The molecule has 2 nitrogen and oxygen atoms in total. The molecule has 366 valence electrons. The maximum Gasteiger partial charge on any atom is 0.0726 e. The van der Waals surface area contributed by atoms with E-state index in [0.717, 1.165) is 24.2 Å². The average Bonchev–Trinajstić information content (AvgIpc) is 3.69. The number of para-hydroxylation sites is 2. The zero-order chi connectivity index (χ0) is 51.4. The fourth-order valence-electron chi connectivity index (χ4n) is 14.7. The van der Waals surface area contributed by atoms with Crippen LogP contribution in [0.4, 0.5) is 34.1 Å². The van der Waals surface area contributed by atoms with Gasteiger partial charge in [-0.05, 0) is 173 Å². The zero-order valence-electron chi connectivity index (χ0n) is 43.9. The van der Waals surface area contributed by atoms with Gasteiger partial charge in [0.2, 0.25) is 0 Å². The second-order valence-corrected chi connectivity index (χ2v) is 23.2. The summed E-state index contributed by atoms with van der Waals surface area (Å²) in [6.45, 7) is 9.66. The molecule has 0 unspecified atom stereocenters. The molecule has 0 saturated carbocycles. The number of fused-ring (bicyclic) bond motifs is 17. The minimum atomic E-state index is -0.674. The average molecular weight is 985 g/mol. The molecule has 0 atom stereocenters. The fourth-order valence-corrected chi connectivity index (χ4v) is 14.7. The Balaban J connectivity index is 0.939. The molecule has 0 aromatic heterocycles. The number of nitrogens with zero attached hydrogens (tertiary/aromatic N) is 2. The third-order valence-corrected chi connectivity index (χ3v) is 18.5. The van der Waals surface area contributed by atoms with Crippen molar-refractivity contribution in [2.24, 2.45) is 0 Å². The number of anilines is 6. The smallest absolute Gasteiger partial charge is 0.0726 e. The summed E-state index contributed by atoms with van der Waals surface area (Å²) in [5, 5.41) is 0. The number of hydrogen-bond donors (Lipinski definition) is 0. The monoisotopic (exact) mass is 984 g/mol. The molecule has 77 heavy (non-hydrogen) atoms. The molecule has 0 bridgehead atoms. The second kappa shape index (κ2) is 16.0. The Morgan fingerprint density at radius 1 is 0.273 bits per heavy atom. The summed E-state index contributed by atoms with van der Waals surface area (Å²) in [7, 11) is 0. The largest absolute Gasteiger partial charge is 0.310 e. The van der Waals surface area contributed by atoms with Gasteiger partial charge < -0.3 is 9.80 Å². The van der Waals surface area contributed by atoms with Crippen LogP contribution in [0.5, 0.6) is 0 Å². The molecule has 2 heteroatoms. The van der Waals surface area contributed by atoms with Crippen molar-refractivity contribution in [3.8, 4) is 11.1 Å². The maximum atomic E-state index is 2.58. The van der Waals surface area contributed by atoms with Gasteiger partial charge in [-0.3, -0.25) is 0 Å². The molecule has 1 spiro atoms. The molecule has 0 radical (unpaired) electrons. The fraction of sp³-hybridized carbons (Fsp3) is 0.120. The first-order valence-corrected chi connectivity index (χ1v) is 27.5. The Hall–Kier alpha value is -8.98. The molecule has 0 N–H and O–H groups in total. The van der Waals surface area contributed by atoms with Gasteiger partial charge in [0.25, 0.3) is 0 Å². The standard InChI is InChI=1S/C75H56N2/c1-73(2)63-25-13-15-27-69(63)76(71-43-53-33-29-47-17-5-7-19-51(47)39-55(53)41-67(71)73)57-37-35-49-31-32-50-36-38-58(46-66(50)75(65(49)45-57)61-23-11-9-21-59(61)60-22-10-12-24-62(60)75)77-70-28-16-14-26-64(70)74(3,4)68-42-56-40-52-20-8-6-18-48(52)30-34-54(56)44-72(68)77/h5-38,41-46H,39-40H2,1-4H3. The predicted molar refractivity (Wildman–Crippen MR) is 323 cm³/mol. The van der Waals surface area contributed by atoms with E-state index in [4.69, 9.17) is 0 Å². The lowest BCUT2D eigenvalue weighted by Crippen LogP contribution is -2.33. The van der Waals surface area contributed by atoms with E-state index < -0.39 is 5.41 Å². The van der Waals surface area contributed by atoms with Crippen LogP contribution in [0.1, 0.15) is 128 Å². The third-order valence-electron chi connectivity index (χ3n) is 18.5. The number of hydrogen-bond acceptors (Lipinski definition) is 2. The molecule has 2 heterocycles. The summed E-state index contributed by atoms with van der Waals surface area (Å²) in [6, 6.07) is 79.1. The topological polar surface area (TPSA) is 6.48 Å². The van der Waals surface area contributed by atoms with Gasteiger partial charge in [0.1, 0.15) is 0 Å². The van der Waals surface area contributed by atoms with E-state index in [1.807, 2.05) is 0 Å². The Kier molecular flexibility index (Phi) is 9.22. The van der Waals surface area contributed by atoms with Gasteiger partial charge in [0.15, 0.2) is 0 Å². The first-order valence-electron chi connectivity index (χ1n) is 27.5. The van der Waals surface area contributed by atoms with Crippen molar-refractivity contribution < 1.29 is 0 Å². The van der Waals surface area contributed by atoms with Gasteiger partial charge >= 0.3 is 0 Å². The van der Waals surface area contributed by atoms with E-state index in [-0.39, 0.29) is 10.8 Å². The maximum absolute atomic E-state index is 2.58. The van der Waals surface area contributed by atoms with Crippen LogP contribution in [0, 0.1) is 0 Å². The van der Waals surface area contributed by atoms with Crippen LogP contribution in [-0.4, -0.2) is 0 Å². The highest BCUT2D eigenvalue weighted by Gasteiger charge is 2.50. The molecule has 0 fully saturated rings. The Bertz CT molecular complexity index is 4030. The van der Waals surface area contributed by atoms with Gasteiger partial charge in [-0.15, -0.1) is 0 Å². The van der Waals surface area contributed by atoms with Crippen molar-refractivity contribution in [3.63, 3.8) is 0 Å². The van der Waals surface area contributed by atoms with Crippen molar-refractivity contribution in [1.29, 1.82) is 0 Å².